The Bertz CT molecular complexity index is 1330. The summed E-state index contributed by atoms with van der Waals surface area (Å²) in [6.45, 7) is 3.33. The Balaban J connectivity index is 1.19. The smallest absolute Gasteiger partial charge is 0.223 e. The van der Waals surface area contributed by atoms with Gasteiger partial charge in [-0.3, -0.25) is 9.59 Å². The van der Waals surface area contributed by atoms with Gasteiger partial charge in [-0.1, -0.05) is 90.5 Å². The number of rotatable bonds is 9. The SMILES string of the molecule is Cc1cccc(C2c3ccsc3CCN2C(=O)CCC(=O)NCCC(c2ccccc2)c2ccccc2)c1. The summed E-state index contributed by atoms with van der Waals surface area (Å²) in [4.78, 5) is 29.5. The summed E-state index contributed by atoms with van der Waals surface area (Å²) in [5.41, 5.74) is 6.01. The Morgan fingerprint density at radius 2 is 1.63 bits per heavy atom. The van der Waals surface area contributed by atoms with Crippen LogP contribution in [0.1, 0.15) is 63.9 Å². The number of aryl methyl sites for hydroxylation is 1. The first-order valence-corrected chi connectivity index (χ1v) is 14.3. The van der Waals surface area contributed by atoms with Crippen LogP contribution in [0.2, 0.25) is 0 Å². The van der Waals surface area contributed by atoms with Crippen LogP contribution in [-0.4, -0.2) is 29.8 Å². The number of hydrogen-bond donors (Lipinski definition) is 1. The highest BCUT2D eigenvalue weighted by Gasteiger charge is 2.32. The zero-order valence-electron chi connectivity index (χ0n) is 21.8. The molecule has 4 nitrogen and oxygen atoms in total. The van der Waals surface area contributed by atoms with E-state index in [2.05, 4.69) is 96.5 Å². The van der Waals surface area contributed by atoms with Gasteiger partial charge in [0.25, 0.3) is 0 Å². The minimum Gasteiger partial charge on any atom is -0.356 e. The average molecular weight is 523 g/mol. The van der Waals surface area contributed by atoms with Gasteiger partial charge in [0.15, 0.2) is 0 Å². The van der Waals surface area contributed by atoms with Gasteiger partial charge in [0, 0.05) is 36.7 Å². The van der Waals surface area contributed by atoms with Crippen molar-refractivity contribution in [2.45, 2.75) is 44.6 Å². The van der Waals surface area contributed by atoms with Crippen molar-refractivity contribution < 1.29 is 9.59 Å². The lowest BCUT2D eigenvalue weighted by molar-refractivity contribution is -0.135. The maximum atomic E-state index is 13.4. The Labute approximate surface area is 229 Å². The molecule has 0 bridgehead atoms. The topological polar surface area (TPSA) is 49.4 Å². The summed E-state index contributed by atoms with van der Waals surface area (Å²) in [5.74, 6) is 0.177. The minimum atomic E-state index is -0.0852. The van der Waals surface area contributed by atoms with Gasteiger partial charge in [-0.15, -0.1) is 11.3 Å². The molecular formula is C33H34N2O2S. The minimum absolute atomic E-state index is 0.0370. The Hall–Kier alpha value is -3.70. The van der Waals surface area contributed by atoms with Gasteiger partial charge in [-0.25, -0.2) is 0 Å². The maximum absolute atomic E-state index is 13.4. The zero-order valence-corrected chi connectivity index (χ0v) is 22.6. The summed E-state index contributed by atoms with van der Waals surface area (Å²) >= 11 is 1.77. The molecule has 194 valence electrons. The van der Waals surface area contributed by atoms with Crippen molar-refractivity contribution in [2.75, 3.05) is 13.1 Å². The molecule has 4 aromatic rings. The molecule has 2 amide bonds. The predicted molar refractivity (Wildman–Crippen MR) is 154 cm³/mol. The van der Waals surface area contributed by atoms with Crippen LogP contribution in [-0.2, 0) is 16.0 Å². The fourth-order valence-corrected chi connectivity index (χ4v) is 6.39. The molecule has 1 N–H and O–H groups in total. The zero-order chi connectivity index (χ0) is 26.3. The number of nitrogens with one attached hydrogen (secondary N) is 1. The highest BCUT2D eigenvalue weighted by atomic mass is 32.1. The van der Waals surface area contributed by atoms with E-state index in [-0.39, 0.29) is 36.6 Å². The summed E-state index contributed by atoms with van der Waals surface area (Å²) in [5, 5.41) is 5.18. The second-order valence-electron chi connectivity index (χ2n) is 9.97. The van der Waals surface area contributed by atoms with Gasteiger partial charge in [-0.2, -0.15) is 0 Å². The summed E-state index contributed by atoms with van der Waals surface area (Å²) < 4.78 is 0. The maximum Gasteiger partial charge on any atom is 0.223 e. The van der Waals surface area contributed by atoms with Crippen molar-refractivity contribution >= 4 is 23.2 Å². The first-order chi connectivity index (χ1) is 18.6. The van der Waals surface area contributed by atoms with Crippen molar-refractivity contribution in [1.29, 1.82) is 0 Å². The van der Waals surface area contributed by atoms with Crippen molar-refractivity contribution in [3.63, 3.8) is 0 Å². The van der Waals surface area contributed by atoms with Gasteiger partial charge >= 0.3 is 0 Å². The van der Waals surface area contributed by atoms with Crippen molar-refractivity contribution in [2.24, 2.45) is 0 Å². The predicted octanol–water partition coefficient (Wildman–Crippen LogP) is 6.65. The van der Waals surface area contributed by atoms with Crippen LogP contribution in [0, 0.1) is 6.92 Å². The van der Waals surface area contributed by atoms with E-state index in [1.807, 2.05) is 17.0 Å². The van der Waals surface area contributed by atoms with Crippen molar-refractivity contribution in [3.8, 4) is 0 Å². The van der Waals surface area contributed by atoms with Crippen LogP contribution < -0.4 is 5.32 Å². The third kappa shape index (κ3) is 6.05. The van der Waals surface area contributed by atoms with E-state index in [1.165, 1.54) is 27.1 Å². The number of fused-ring (bicyclic) bond motifs is 1. The number of thiophene rings is 1. The summed E-state index contributed by atoms with van der Waals surface area (Å²) in [6.07, 6.45) is 2.09. The molecule has 0 radical (unpaired) electrons. The number of benzene rings is 3. The molecule has 5 rings (SSSR count). The number of nitrogens with zero attached hydrogens (tertiary/aromatic N) is 1. The van der Waals surface area contributed by atoms with Gasteiger partial charge in [0.05, 0.1) is 6.04 Å². The Kier molecular flexibility index (Phi) is 8.34. The normalized spacial score (nSPS) is 14.8. The standard InChI is InChI=1S/C33H34N2O2S/c1-24-9-8-14-27(23-24)33-29-19-22-38-30(29)18-21-35(33)32(37)16-15-31(36)34-20-17-28(25-10-4-2-5-11-25)26-12-6-3-7-13-26/h2-14,19,22-23,28,33H,15-18,20-21H2,1H3,(H,34,36). The molecular weight excluding hydrogens is 488 g/mol. The van der Waals surface area contributed by atoms with Gasteiger partial charge < -0.3 is 10.2 Å². The third-order valence-corrected chi connectivity index (χ3v) is 8.37. The Morgan fingerprint density at radius 3 is 2.32 bits per heavy atom. The molecule has 38 heavy (non-hydrogen) atoms. The molecule has 1 unspecified atom stereocenters. The lowest BCUT2D eigenvalue weighted by atomic mass is 9.88. The molecule has 1 atom stereocenters. The van der Waals surface area contributed by atoms with E-state index in [9.17, 15) is 9.59 Å². The monoisotopic (exact) mass is 522 g/mol. The molecule has 0 saturated heterocycles. The molecule has 2 heterocycles. The number of carbonyl (C=O) groups is 2. The van der Waals surface area contributed by atoms with Crippen LogP contribution in [0.4, 0.5) is 0 Å². The van der Waals surface area contributed by atoms with Gasteiger partial charge in [0.1, 0.15) is 0 Å². The van der Waals surface area contributed by atoms with E-state index >= 15 is 0 Å². The second-order valence-corrected chi connectivity index (χ2v) is 11.0. The van der Waals surface area contributed by atoms with Gasteiger partial charge in [-0.05, 0) is 53.5 Å². The van der Waals surface area contributed by atoms with E-state index in [0.717, 1.165) is 18.4 Å². The molecule has 0 fully saturated rings. The van der Waals surface area contributed by atoms with Crippen LogP contribution in [0.15, 0.2) is 96.4 Å². The molecule has 0 saturated carbocycles. The second kappa shape index (κ2) is 12.2. The fraction of sp³-hybridized carbons (Fsp3) is 0.273. The molecule has 1 aromatic heterocycles. The number of carbonyl (C=O) groups excluding carboxylic acids is 2. The van der Waals surface area contributed by atoms with Gasteiger partial charge in [0.2, 0.25) is 11.8 Å². The van der Waals surface area contributed by atoms with Crippen LogP contribution in [0.25, 0.3) is 0 Å². The van der Waals surface area contributed by atoms with Crippen molar-refractivity contribution in [1.82, 2.24) is 10.2 Å². The molecule has 3 aromatic carbocycles. The fourth-order valence-electron chi connectivity index (χ4n) is 5.49. The average Bonchev–Trinajstić information content (AvgIpc) is 3.43. The quantitative estimate of drug-likeness (QED) is 0.268. The number of amides is 2. The highest BCUT2D eigenvalue weighted by Crippen LogP contribution is 2.38. The molecule has 1 aliphatic heterocycles. The van der Waals surface area contributed by atoms with E-state index < -0.39 is 0 Å². The highest BCUT2D eigenvalue weighted by molar-refractivity contribution is 7.10. The molecule has 5 heteroatoms. The first kappa shape index (κ1) is 25.9. The van der Waals surface area contributed by atoms with Crippen molar-refractivity contribution in [3.05, 3.63) is 129 Å². The van der Waals surface area contributed by atoms with E-state index in [1.54, 1.807) is 11.3 Å². The molecule has 1 aliphatic rings. The van der Waals surface area contributed by atoms with Crippen LogP contribution in [0.5, 0.6) is 0 Å². The first-order valence-electron chi connectivity index (χ1n) is 13.4. The third-order valence-electron chi connectivity index (χ3n) is 7.37. The lowest BCUT2D eigenvalue weighted by Crippen LogP contribution is -2.40. The number of hydrogen-bond acceptors (Lipinski definition) is 3. The van der Waals surface area contributed by atoms with Crippen LogP contribution in [0.3, 0.4) is 0 Å². The summed E-state index contributed by atoms with van der Waals surface area (Å²) in [6, 6.07) is 31.3. The molecule has 0 spiro atoms. The van der Waals surface area contributed by atoms with E-state index in [0.29, 0.717) is 13.1 Å². The Morgan fingerprint density at radius 1 is 0.921 bits per heavy atom. The largest absolute Gasteiger partial charge is 0.356 e. The lowest BCUT2D eigenvalue weighted by Gasteiger charge is -2.36. The molecule has 0 aliphatic carbocycles. The summed E-state index contributed by atoms with van der Waals surface area (Å²) in [7, 11) is 0. The van der Waals surface area contributed by atoms with Crippen LogP contribution >= 0.6 is 11.3 Å². The van der Waals surface area contributed by atoms with E-state index in [4.69, 9.17) is 0 Å².